The Labute approximate surface area is 138 Å². The van der Waals surface area contributed by atoms with Crippen molar-refractivity contribution in [3.05, 3.63) is 59.2 Å². The smallest absolute Gasteiger partial charge is 0.157 e. The first-order valence-electron chi connectivity index (χ1n) is 8.61. The molecule has 2 nitrogen and oxygen atoms in total. The fourth-order valence-corrected chi connectivity index (χ4v) is 3.69. The highest BCUT2D eigenvalue weighted by Crippen LogP contribution is 2.38. The molecule has 2 aromatic carbocycles. The van der Waals surface area contributed by atoms with Crippen molar-refractivity contribution in [2.75, 3.05) is 0 Å². The molecule has 3 rings (SSSR count). The summed E-state index contributed by atoms with van der Waals surface area (Å²) < 4.78 is 0. The molecule has 0 bridgehead atoms. The topological polar surface area (TPSA) is 40.5 Å². The van der Waals surface area contributed by atoms with Gasteiger partial charge in [0.05, 0.1) is 0 Å². The standard InChI is InChI=1S/C21H26O2/c1-21(2,18-12-13-19(22)20(23)14-18)17-10-8-16(9-11-17)15-6-4-3-5-7-15/h8-15,22-23H,3-7H2,1-2H3. The van der Waals surface area contributed by atoms with Gasteiger partial charge in [-0.3, -0.25) is 0 Å². The molecule has 0 amide bonds. The molecular formula is C21H26O2. The molecule has 0 aliphatic heterocycles. The van der Waals surface area contributed by atoms with Crippen LogP contribution in [0.3, 0.4) is 0 Å². The van der Waals surface area contributed by atoms with Crippen molar-refractivity contribution in [3.63, 3.8) is 0 Å². The van der Waals surface area contributed by atoms with Gasteiger partial charge in [0.1, 0.15) is 0 Å². The number of phenolic OH excluding ortho intramolecular Hbond substituents is 2. The fourth-order valence-electron chi connectivity index (χ4n) is 3.69. The van der Waals surface area contributed by atoms with Gasteiger partial charge >= 0.3 is 0 Å². The summed E-state index contributed by atoms with van der Waals surface area (Å²) in [4.78, 5) is 0. The summed E-state index contributed by atoms with van der Waals surface area (Å²) in [5, 5.41) is 19.3. The zero-order valence-electron chi connectivity index (χ0n) is 14.0. The Kier molecular flexibility index (Phi) is 4.34. The minimum Gasteiger partial charge on any atom is -0.504 e. The maximum Gasteiger partial charge on any atom is 0.157 e. The van der Waals surface area contributed by atoms with Crippen molar-refractivity contribution in [2.45, 2.75) is 57.3 Å². The van der Waals surface area contributed by atoms with Gasteiger partial charge in [-0.25, -0.2) is 0 Å². The molecule has 2 N–H and O–H groups in total. The van der Waals surface area contributed by atoms with Gasteiger partial charge in [-0.15, -0.1) is 0 Å². The van der Waals surface area contributed by atoms with Crippen LogP contribution in [0.2, 0.25) is 0 Å². The van der Waals surface area contributed by atoms with E-state index in [9.17, 15) is 10.2 Å². The Morgan fingerprint density at radius 2 is 1.39 bits per heavy atom. The van der Waals surface area contributed by atoms with Crippen LogP contribution in [0.25, 0.3) is 0 Å². The predicted molar refractivity (Wildman–Crippen MR) is 94.2 cm³/mol. The molecular weight excluding hydrogens is 284 g/mol. The van der Waals surface area contributed by atoms with Crippen LogP contribution >= 0.6 is 0 Å². The summed E-state index contributed by atoms with van der Waals surface area (Å²) in [5.74, 6) is 0.588. The number of aromatic hydroxyl groups is 2. The van der Waals surface area contributed by atoms with Crippen LogP contribution < -0.4 is 0 Å². The van der Waals surface area contributed by atoms with Gasteiger partial charge in [-0.2, -0.15) is 0 Å². The first kappa shape index (κ1) is 15.9. The third-order valence-electron chi connectivity index (χ3n) is 5.41. The maximum atomic E-state index is 9.77. The van der Waals surface area contributed by atoms with Crippen molar-refractivity contribution >= 4 is 0 Å². The van der Waals surface area contributed by atoms with E-state index in [0.29, 0.717) is 0 Å². The summed E-state index contributed by atoms with van der Waals surface area (Å²) in [6.45, 7) is 4.29. The predicted octanol–water partition coefficient (Wildman–Crippen LogP) is 5.47. The van der Waals surface area contributed by atoms with Gasteiger partial charge < -0.3 is 10.2 Å². The van der Waals surface area contributed by atoms with E-state index in [4.69, 9.17) is 0 Å². The third kappa shape index (κ3) is 3.21. The van der Waals surface area contributed by atoms with Crippen LogP contribution in [0, 0.1) is 0 Å². The lowest BCUT2D eigenvalue weighted by atomic mass is 9.76. The normalized spacial score (nSPS) is 16.4. The minimum absolute atomic E-state index is 0.0607. The minimum atomic E-state index is -0.212. The molecule has 1 saturated carbocycles. The summed E-state index contributed by atoms with van der Waals surface area (Å²) in [5.41, 5.74) is 3.47. The highest BCUT2D eigenvalue weighted by molar-refractivity contribution is 5.47. The van der Waals surface area contributed by atoms with Crippen LogP contribution in [0.1, 0.15) is 68.6 Å². The van der Waals surface area contributed by atoms with Crippen molar-refractivity contribution < 1.29 is 10.2 Å². The number of rotatable bonds is 3. The van der Waals surface area contributed by atoms with Gasteiger partial charge in [0.25, 0.3) is 0 Å². The Morgan fingerprint density at radius 3 is 2.00 bits per heavy atom. The maximum absolute atomic E-state index is 9.77. The van der Waals surface area contributed by atoms with Crippen LogP contribution in [-0.2, 0) is 5.41 Å². The van der Waals surface area contributed by atoms with Crippen molar-refractivity contribution in [1.82, 2.24) is 0 Å². The van der Waals surface area contributed by atoms with E-state index < -0.39 is 0 Å². The monoisotopic (exact) mass is 310 g/mol. The zero-order chi connectivity index (χ0) is 16.4. The highest BCUT2D eigenvalue weighted by atomic mass is 16.3. The van der Waals surface area contributed by atoms with Gasteiger partial charge in [-0.05, 0) is 47.6 Å². The van der Waals surface area contributed by atoms with E-state index in [2.05, 4.69) is 38.1 Å². The van der Waals surface area contributed by atoms with Crippen molar-refractivity contribution in [1.29, 1.82) is 0 Å². The molecule has 0 unspecified atom stereocenters. The van der Waals surface area contributed by atoms with E-state index >= 15 is 0 Å². The van der Waals surface area contributed by atoms with Crippen LogP contribution in [-0.4, -0.2) is 10.2 Å². The SMILES string of the molecule is CC(C)(c1ccc(C2CCCCC2)cc1)c1ccc(O)c(O)c1. The molecule has 122 valence electrons. The molecule has 23 heavy (non-hydrogen) atoms. The number of hydrogen-bond acceptors (Lipinski definition) is 2. The van der Waals surface area contributed by atoms with Crippen LogP contribution in [0.4, 0.5) is 0 Å². The van der Waals surface area contributed by atoms with Gasteiger partial charge in [-0.1, -0.05) is 63.4 Å². The average molecular weight is 310 g/mol. The fraction of sp³-hybridized carbons (Fsp3) is 0.429. The number of hydrogen-bond donors (Lipinski definition) is 2. The average Bonchev–Trinajstić information content (AvgIpc) is 2.58. The van der Waals surface area contributed by atoms with Crippen molar-refractivity contribution in [2.24, 2.45) is 0 Å². The van der Waals surface area contributed by atoms with Gasteiger partial charge in [0.15, 0.2) is 11.5 Å². The first-order valence-corrected chi connectivity index (χ1v) is 8.61. The lowest BCUT2D eigenvalue weighted by Gasteiger charge is -2.28. The molecule has 0 heterocycles. The molecule has 0 saturated heterocycles. The highest BCUT2D eigenvalue weighted by Gasteiger charge is 2.24. The summed E-state index contributed by atoms with van der Waals surface area (Å²) in [6, 6.07) is 14.1. The Hall–Kier alpha value is -1.96. The molecule has 0 aromatic heterocycles. The van der Waals surface area contributed by atoms with Crippen LogP contribution in [0.5, 0.6) is 11.5 Å². The molecule has 1 fully saturated rings. The molecule has 0 radical (unpaired) electrons. The number of phenols is 2. The Morgan fingerprint density at radius 1 is 0.783 bits per heavy atom. The zero-order valence-corrected chi connectivity index (χ0v) is 14.0. The quantitative estimate of drug-likeness (QED) is 0.738. The summed E-state index contributed by atoms with van der Waals surface area (Å²) in [7, 11) is 0. The second-order valence-electron chi connectivity index (χ2n) is 7.29. The van der Waals surface area contributed by atoms with Gasteiger partial charge in [0, 0.05) is 5.41 Å². The van der Waals surface area contributed by atoms with E-state index in [1.165, 1.54) is 43.2 Å². The number of benzene rings is 2. The molecule has 1 aliphatic rings. The molecule has 1 aliphatic carbocycles. The molecule has 0 spiro atoms. The first-order chi connectivity index (χ1) is 11.0. The van der Waals surface area contributed by atoms with Crippen molar-refractivity contribution in [3.8, 4) is 11.5 Å². The lowest BCUT2D eigenvalue weighted by molar-refractivity contribution is 0.402. The van der Waals surface area contributed by atoms with E-state index in [1.807, 2.05) is 6.07 Å². The molecule has 0 atom stereocenters. The van der Waals surface area contributed by atoms with E-state index in [0.717, 1.165) is 11.5 Å². The lowest BCUT2D eigenvalue weighted by Crippen LogP contribution is -2.19. The summed E-state index contributed by atoms with van der Waals surface area (Å²) >= 11 is 0. The van der Waals surface area contributed by atoms with Gasteiger partial charge in [0.2, 0.25) is 0 Å². The Balaban J connectivity index is 1.86. The second kappa shape index (κ2) is 6.27. The third-order valence-corrected chi connectivity index (χ3v) is 5.41. The largest absolute Gasteiger partial charge is 0.504 e. The van der Waals surface area contributed by atoms with E-state index in [-0.39, 0.29) is 16.9 Å². The van der Waals surface area contributed by atoms with E-state index in [1.54, 1.807) is 12.1 Å². The Bertz CT molecular complexity index is 665. The molecule has 2 aromatic rings. The van der Waals surface area contributed by atoms with Crippen LogP contribution in [0.15, 0.2) is 42.5 Å². The summed E-state index contributed by atoms with van der Waals surface area (Å²) in [6.07, 6.45) is 6.71. The second-order valence-corrected chi connectivity index (χ2v) is 7.29. The molecule has 2 heteroatoms.